The largest absolute Gasteiger partial charge is 0.307 e. The van der Waals surface area contributed by atoms with Crippen molar-refractivity contribution in [1.29, 1.82) is 0 Å². The maximum atomic E-state index is 3.57. The number of rotatable bonds is 6. The Bertz CT molecular complexity index is 504. The second-order valence-corrected chi connectivity index (χ2v) is 6.96. The molecule has 0 aliphatic heterocycles. The van der Waals surface area contributed by atoms with Crippen LogP contribution in [0.15, 0.2) is 39.5 Å². The van der Waals surface area contributed by atoms with Crippen LogP contribution in [-0.2, 0) is 6.42 Å². The van der Waals surface area contributed by atoms with E-state index in [1.807, 2.05) is 0 Å². The Labute approximate surface area is 128 Å². The standard InChI is InChI=1S/C16H20BrNS/c1-3-5-12-6-8-13(9-7-12)16(18-4-2)14-10-15(17)19-11-14/h6-11,16,18H,3-5H2,1-2H3. The number of hydrogen-bond acceptors (Lipinski definition) is 2. The van der Waals surface area contributed by atoms with Crippen LogP contribution < -0.4 is 5.32 Å². The first kappa shape index (κ1) is 14.8. The van der Waals surface area contributed by atoms with Gasteiger partial charge in [0.05, 0.1) is 9.83 Å². The normalized spacial score (nSPS) is 12.6. The molecule has 0 radical (unpaired) electrons. The number of hydrogen-bond donors (Lipinski definition) is 1. The smallest absolute Gasteiger partial charge is 0.0701 e. The van der Waals surface area contributed by atoms with Gasteiger partial charge in [0.25, 0.3) is 0 Å². The van der Waals surface area contributed by atoms with Gasteiger partial charge in [0.2, 0.25) is 0 Å². The van der Waals surface area contributed by atoms with E-state index in [4.69, 9.17) is 0 Å². The molecule has 19 heavy (non-hydrogen) atoms. The molecule has 0 bridgehead atoms. The van der Waals surface area contributed by atoms with Crippen LogP contribution in [0.5, 0.6) is 0 Å². The van der Waals surface area contributed by atoms with Crippen LogP contribution in [0.1, 0.15) is 43.0 Å². The van der Waals surface area contributed by atoms with Gasteiger partial charge in [0.1, 0.15) is 0 Å². The highest BCUT2D eigenvalue weighted by atomic mass is 79.9. The minimum Gasteiger partial charge on any atom is -0.307 e. The molecular formula is C16H20BrNS. The molecular weight excluding hydrogens is 318 g/mol. The van der Waals surface area contributed by atoms with E-state index < -0.39 is 0 Å². The fraction of sp³-hybridized carbons (Fsp3) is 0.375. The summed E-state index contributed by atoms with van der Waals surface area (Å²) >= 11 is 5.29. The predicted molar refractivity (Wildman–Crippen MR) is 88.0 cm³/mol. The summed E-state index contributed by atoms with van der Waals surface area (Å²) in [7, 11) is 0. The Balaban J connectivity index is 2.23. The van der Waals surface area contributed by atoms with Gasteiger partial charge in [-0.15, -0.1) is 11.3 Å². The third kappa shape index (κ3) is 3.91. The molecule has 0 spiro atoms. The van der Waals surface area contributed by atoms with Crippen LogP contribution in [-0.4, -0.2) is 6.54 Å². The Morgan fingerprint density at radius 2 is 1.89 bits per heavy atom. The van der Waals surface area contributed by atoms with Crippen molar-refractivity contribution in [3.63, 3.8) is 0 Å². The van der Waals surface area contributed by atoms with Gasteiger partial charge >= 0.3 is 0 Å². The highest BCUT2D eigenvalue weighted by molar-refractivity contribution is 9.11. The minimum absolute atomic E-state index is 0.295. The maximum Gasteiger partial charge on any atom is 0.0701 e. The van der Waals surface area contributed by atoms with Crippen molar-refractivity contribution in [3.8, 4) is 0 Å². The van der Waals surface area contributed by atoms with E-state index >= 15 is 0 Å². The lowest BCUT2D eigenvalue weighted by atomic mass is 9.99. The molecule has 1 unspecified atom stereocenters. The van der Waals surface area contributed by atoms with E-state index in [1.165, 1.54) is 26.9 Å². The summed E-state index contributed by atoms with van der Waals surface area (Å²) in [5, 5.41) is 5.79. The molecule has 1 atom stereocenters. The van der Waals surface area contributed by atoms with Crippen LogP contribution in [0, 0.1) is 0 Å². The number of thiophene rings is 1. The molecule has 0 fully saturated rings. The molecule has 0 saturated heterocycles. The molecule has 2 rings (SSSR count). The molecule has 1 nitrogen and oxygen atoms in total. The zero-order valence-corrected chi connectivity index (χ0v) is 13.9. The molecule has 0 aliphatic carbocycles. The van der Waals surface area contributed by atoms with E-state index in [0.717, 1.165) is 13.0 Å². The topological polar surface area (TPSA) is 12.0 Å². The second-order valence-electron chi connectivity index (χ2n) is 4.67. The summed E-state index contributed by atoms with van der Waals surface area (Å²) in [6.07, 6.45) is 2.36. The molecule has 102 valence electrons. The fourth-order valence-corrected chi connectivity index (χ4v) is 3.47. The lowest BCUT2D eigenvalue weighted by Gasteiger charge is -2.17. The monoisotopic (exact) mass is 337 g/mol. The number of nitrogens with one attached hydrogen (secondary N) is 1. The summed E-state index contributed by atoms with van der Waals surface area (Å²) in [5.41, 5.74) is 4.10. The van der Waals surface area contributed by atoms with Crippen molar-refractivity contribution in [3.05, 3.63) is 56.2 Å². The van der Waals surface area contributed by atoms with Crippen LogP contribution in [0.4, 0.5) is 0 Å². The lowest BCUT2D eigenvalue weighted by Crippen LogP contribution is -2.21. The Hall–Kier alpha value is -0.640. The van der Waals surface area contributed by atoms with Gasteiger partial charge in [0.15, 0.2) is 0 Å². The van der Waals surface area contributed by atoms with Gasteiger partial charge in [0, 0.05) is 0 Å². The first-order valence-electron chi connectivity index (χ1n) is 6.80. The predicted octanol–water partition coefficient (Wildman–Crippen LogP) is 5.16. The van der Waals surface area contributed by atoms with E-state index in [2.05, 4.69) is 70.8 Å². The minimum atomic E-state index is 0.295. The summed E-state index contributed by atoms with van der Waals surface area (Å²) < 4.78 is 1.19. The number of halogens is 1. The van der Waals surface area contributed by atoms with Crippen LogP contribution in [0.2, 0.25) is 0 Å². The average molecular weight is 338 g/mol. The van der Waals surface area contributed by atoms with Gasteiger partial charge in [-0.05, 0) is 57.0 Å². The molecule has 3 heteroatoms. The molecule has 1 heterocycles. The van der Waals surface area contributed by atoms with Crippen molar-refractivity contribution in [2.24, 2.45) is 0 Å². The van der Waals surface area contributed by atoms with E-state index in [1.54, 1.807) is 11.3 Å². The van der Waals surface area contributed by atoms with Crippen molar-refractivity contribution < 1.29 is 0 Å². The van der Waals surface area contributed by atoms with Gasteiger partial charge in [-0.25, -0.2) is 0 Å². The third-order valence-corrected chi connectivity index (χ3v) is 4.70. The van der Waals surface area contributed by atoms with E-state index in [-0.39, 0.29) is 0 Å². The molecule has 0 aliphatic rings. The van der Waals surface area contributed by atoms with Crippen LogP contribution in [0.25, 0.3) is 0 Å². The maximum absolute atomic E-state index is 3.57. The Kier molecular flexibility index (Phi) is 5.61. The van der Waals surface area contributed by atoms with Crippen LogP contribution >= 0.6 is 27.3 Å². The summed E-state index contributed by atoms with van der Waals surface area (Å²) in [4.78, 5) is 0. The highest BCUT2D eigenvalue weighted by Crippen LogP contribution is 2.29. The molecule has 0 saturated carbocycles. The zero-order valence-electron chi connectivity index (χ0n) is 11.4. The number of aryl methyl sites for hydroxylation is 1. The summed E-state index contributed by atoms with van der Waals surface area (Å²) in [6.45, 7) is 5.34. The number of benzene rings is 1. The highest BCUT2D eigenvalue weighted by Gasteiger charge is 2.14. The average Bonchev–Trinajstić information content (AvgIpc) is 2.84. The van der Waals surface area contributed by atoms with Crippen molar-refractivity contribution in [2.75, 3.05) is 6.54 Å². The Morgan fingerprint density at radius 3 is 2.42 bits per heavy atom. The molecule has 0 amide bonds. The van der Waals surface area contributed by atoms with Gasteiger partial charge in [-0.2, -0.15) is 0 Å². The third-order valence-electron chi connectivity index (χ3n) is 3.18. The first-order chi connectivity index (χ1) is 9.24. The van der Waals surface area contributed by atoms with Crippen molar-refractivity contribution in [2.45, 2.75) is 32.7 Å². The SMILES string of the molecule is CCCc1ccc(C(NCC)c2csc(Br)c2)cc1. The van der Waals surface area contributed by atoms with E-state index in [9.17, 15) is 0 Å². The van der Waals surface area contributed by atoms with Crippen molar-refractivity contribution >= 4 is 27.3 Å². The van der Waals surface area contributed by atoms with Gasteiger partial charge in [-0.3, -0.25) is 0 Å². The Morgan fingerprint density at radius 1 is 1.16 bits per heavy atom. The quantitative estimate of drug-likeness (QED) is 0.767. The zero-order chi connectivity index (χ0) is 13.7. The molecule has 2 aromatic rings. The fourth-order valence-electron chi connectivity index (χ4n) is 2.27. The molecule has 1 N–H and O–H groups in total. The summed E-state index contributed by atoms with van der Waals surface area (Å²) in [5.74, 6) is 0. The van der Waals surface area contributed by atoms with Crippen LogP contribution in [0.3, 0.4) is 0 Å². The van der Waals surface area contributed by atoms with Gasteiger partial charge in [-0.1, -0.05) is 44.5 Å². The molecule has 1 aromatic heterocycles. The first-order valence-corrected chi connectivity index (χ1v) is 8.48. The molecule has 1 aromatic carbocycles. The summed E-state index contributed by atoms with van der Waals surface area (Å²) in [6, 6.07) is 11.5. The second kappa shape index (κ2) is 7.22. The lowest BCUT2D eigenvalue weighted by molar-refractivity contribution is 0.632. The van der Waals surface area contributed by atoms with Crippen molar-refractivity contribution in [1.82, 2.24) is 5.32 Å². The van der Waals surface area contributed by atoms with E-state index in [0.29, 0.717) is 6.04 Å². The van der Waals surface area contributed by atoms with Gasteiger partial charge < -0.3 is 5.32 Å².